The fraction of sp³-hybridized carbons (Fsp3) is 0.500. The molecule has 0 spiro atoms. The normalized spacial score (nSPS) is 17.4. The molecule has 0 atom stereocenters. The van der Waals surface area contributed by atoms with Crippen molar-refractivity contribution in [2.75, 3.05) is 13.2 Å². The highest BCUT2D eigenvalue weighted by Crippen LogP contribution is 2.44. The third-order valence-corrected chi connectivity index (χ3v) is 4.34. The molecule has 1 saturated carbocycles. The minimum atomic E-state index is 0.166. The van der Waals surface area contributed by atoms with Crippen LogP contribution in [0.4, 0.5) is 0 Å². The number of aliphatic hydroxyl groups is 1. The van der Waals surface area contributed by atoms with E-state index in [4.69, 9.17) is 16.7 Å². The van der Waals surface area contributed by atoms with Crippen molar-refractivity contribution < 1.29 is 5.11 Å². The van der Waals surface area contributed by atoms with E-state index in [0.717, 1.165) is 35.4 Å². The van der Waals surface area contributed by atoms with Gasteiger partial charge in [-0.25, -0.2) is 0 Å². The van der Waals surface area contributed by atoms with Gasteiger partial charge in [0.1, 0.15) is 0 Å². The smallest absolute Gasteiger partial charge is 0.0551 e. The summed E-state index contributed by atoms with van der Waals surface area (Å²) in [5, 5.41) is 13.3. The molecular formula is C12H15BrClNO. The van der Waals surface area contributed by atoms with E-state index in [-0.39, 0.29) is 5.41 Å². The van der Waals surface area contributed by atoms with Crippen LogP contribution in [0.2, 0.25) is 5.02 Å². The molecule has 0 aromatic heterocycles. The van der Waals surface area contributed by atoms with Crippen molar-refractivity contribution in [3.63, 3.8) is 0 Å². The average Bonchev–Trinajstić information content (AvgIpc) is 3.04. The number of halogens is 2. The van der Waals surface area contributed by atoms with Gasteiger partial charge in [-0.15, -0.1) is 0 Å². The lowest BCUT2D eigenvalue weighted by Crippen LogP contribution is -2.26. The molecule has 1 aromatic rings. The number of aliphatic hydroxyl groups excluding tert-OH is 1. The van der Waals surface area contributed by atoms with Gasteiger partial charge in [-0.1, -0.05) is 17.7 Å². The Kier molecular flexibility index (Phi) is 3.90. The molecule has 4 heteroatoms. The van der Waals surface area contributed by atoms with Crippen LogP contribution in [0.5, 0.6) is 0 Å². The van der Waals surface area contributed by atoms with E-state index in [1.165, 1.54) is 5.56 Å². The monoisotopic (exact) mass is 303 g/mol. The van der Waals surface area contributed by atoms with E-state index in [9.17, 15) is 0 Å². The van der Waals surface area contributed by atoms with Gasteiger partial charge in [0.2, 0.25) is 0 Å². The van der Waals surface area contributed by atoms with Crippen LogP contribution < -0.4 is 5.32 Å². The second kappa shape index (κ2) is 5.05. The van der Waals surface area contributed by atoms with Crippen LogP contribution in [0.15, 0.2) is 22.7 Å². The van der Waals surface area contributed by atoms with E-state index in [2.05, 4.69) is 21.2 Å². The van der Waals surface area contributed by atoms with Gasteiger partial charge >= 0.3 is 0 Å². The minimum Gasteiger partial charge on any atom is -0.396 e. The van der Waals surface area contributed by atoms with Gasteiger partial charge < -0.3 is 10.4 Å². The maximum atomic E-state index is 9.17. The summed E-state index contributed by atoms with van der Waals surface area (Å²) in [6.07, 6.45) is 2.27. The number of hydrogen-bond acceptors (Lipinski definition) is 2. The summed E-state index contributed by atoms with van der Waals surface area (Å²) in [5.41, 5.74) is 1.33. The highest BCUT2D eigenvalue weighted by molar-refractivity contribution is 9.10. The Labute approximate surface area is 109 Å². The molecule has 0 heterocycles. The predicted octanol–water partition coefficient (Wildman–Crippen LogP) is 2.96. The minimum absolute atomic E-state index is 0.166. The zero-order chi connectivity index (χ0) is 11.6. The van der Waals surface area contributed by atoms with Gasteiger partial charge in [0.15, 0.2) is 0 Å². The topological polar surface area (TPSA) is 32.3 Å². The Bertz CT molecular complexity index is 379. The molecule has 1 aromatic carbocycles. The zero-order valence-electron chi connectivity index (χ0n) is 8.97. The van der Waals surface area contributed by atoms with Crippen LogP contribution in [0.3, 0.4) is 0 Å². The van der Waals surface area contributed by atoms with Gasteiger partial charge in [-0.2, -0.15) is 0 Å². The number of nitrogens with one attached hydrogen (secondary N) is 1. The van der Waals surface area contributed by atoms with Crippen LogP contribution >= 0.6 is 27.5 Å². The molecular weight excluding hydrogens is 289 g/mol. The molecule has 16 heavy (non-hydrogen) atoms. The Morgan fingerprint density at radius 1 is 1.44 bits per heavy atom. The van der Waals surface area contributed by atoms with Crippen molar-refractivity contribution in [1.82, 2.24) is 5.32 Å². The van der Waals surface area contributed by atoms with E-state index in [0.29, 0.717) is 6.61 Å². The van der Waals surface area contributed by atoms with Crippen LogP contribution in [0, 0.1) is 5.41 Å². The summed E-state index contributed by atoms with van der Waals surface area (Å²) in [7, 11) is 0. The van der Waals surface area contributed by atoms with Crippen molar-refractivity contribution in [2.24, 2.45) is 5.41 Å². The Morgan fingerprint density at radius 2 is 2.19 bits per heavy atom. The molecule has 2 N–H and O–H groups in total. The molecule has 0 unspecified atom stereocenters. The van der Waals surface area contributed by atoms with Gasteiger partial charge in [-0.05, 0) is 46.5 Å². The standard InChI is InChI=1S/C12H15BrClNO/c13-10-2-1-9(5-11(10)14)6-15-7-12(8-16)3-4-12/h1-2,5,15-16H,3-4,6-8H2. The second-order valence-electron chi connectivity index (χ2n) is 4.51. The Hall–Kier alpha value is -0.0900. The SMILES string of the molecule is OCC1(CNCc2ccc(Br)c(Cl)c2)CC1. The van der Waals surface area contributed by atoms with Crippen LogP contribution in [-0.2, 0) is 6.54 Å². The summed E-state index contributed by atoms with van der Waals surface area (Å²) in [6.45, 7) is 1.98. The summed E-state index contributed by atoms with van der Waals surface area (Å²) in [4.78, 5) is 0. The van der Waals surface area contributed by atoms with Crippen molar-refractivity contribution >= 4 is 27.5 Å². The van der Waals surface area contributed by atoms with Crippen LogP contribution in [0.1, 0.15) is 18.4 Å². The van der Waals surface area contributed by atoms with Crippen LogP contribution in [-0.4, -0.2) is 18.3 Å². The van der Waals surface area contributed by atoms with Gasteiger partial charge in [0.05, 0.1) is 5.02 Å². The first-order valence-electron chi connectivity index (χ1n) is 5.41. The molecule has 2 rings (SSSR count). The third-order valence-electron chi connectivity index (χ3n) is 3.11. The van der Waals surface area contributed by atoms with E-state index < -0.39 is 0 Å². The summed E-state index contributed by atoms with van der Waals surface area (Å²) >= 11 is 9.37. The van der Waals surface area contributed by atoms with E-state index in [1.54, 1.807) is 0 Å². The lowest BCUT2D eigenvalue weighted by molar-refractivity contribution is 0.207. The van der Waals surface area contributed by atoms with Gasteiger partial charge in [-0.3, -0.25) is 0 Å². The highest BCUT2D eigenvalue weighted by Gasteiger charge is 2.41. The molecule has 1 aliphatic carbocycles. The first kappa shape index (κ1) is 12.4. The largest absolute Gasteiger partial charge is 0.396 e. The fourth-order valence-electron chi connectivity index (χ4n) is 1.69. The summed E-state index contributed by atoms with van der Waals surface area (Å²) in [6, 6.07) is 5.96. The highest BCUT2D eigenvalue weighted by atomic mass is 79.9. The third kappa shape index (κ3) is 2.98. The first-order valence-corrected chi connectivity index (χ1v) is 6.58. The van der Waals surface area contributed by atoms with Gasteiger partial charge in [0, 0.05) is 29.6 Å². The molecule has 1 aliphatic rings. The van der Waals surface area contributed by atoms with Gasteiger partial charge in [0.25, 0.3) is 0 Å². The Morgan fingerprint density at radius 3 is 2.75 bits per heavy atom. The van der Waals surface area contributed by atoms with Crippen molar-refractivity contribution in [2.45, 2.75) is 19.4 Å². The molecule has 0 amide bonds. The molecule has 88 valence electrons. The number of rotatable bonds is 5. The van der Waals surface area contributed by atoms with Crippen molar-refractivity contribution in [3.8, 4) is 0 Å². The van der Waals surface area contributed by atoms with Crippen molar-refractivity contribution in [3.05, 3.63) is 33.3 Å². The number of benzene rings is 1. The molecule has 0 aliphatic heterocycles. The zero-order valence-corrected chi connectivity index (χ0v) is 11.3. The first-order chi connectivity index (χ1) is 7.65. The Balaban J connectivity index is 1.83. The van der Waals surface area contributed by atoms with E-state index >= 15 is 0 Å². The maximum Gasteiger partial charge on any atom is 0.0551 e. The lowest BCUT2D eigenvalue weighted by atomic mass is 10.1. The second-order valence-corrected chi connectivity index (χ2v) is 5.77. The van der Waals surface area contributed by atoms with E-state index in [1.807, 2.05) is 18.2 Å². The predicted molar refractivity (Wildman–Crippen MR) is 69.6 cm³/mol. The number of hydrogen-bond donors (Lipinski definition) is 2. The maximum absolute atomic E-state index is 9.17. The lowest BCUT2D eigenvalue weighted by Gasteiger charge is -2.12. The fourth-order valence-corrected chi connectivity index (χ4v) is 2.14. The molecule has 0 saturated heterocycles. The molecule has 0 radical (unpaired) electrons. The molecule has 0 bridgehead atoms. The quantitative estimate of drug-likeness (QED) is 0.876. The van der Waals surface area contributed by atoms with Crippen LogP contribution in [0.25, 0.3) is 0 Å². The summed E-state index contributed by atoms with van der Waals surface area (Å²) < 4.78 is 0.923. The summed E-state index contributed by atoms with van der Waals surface area (Å²) in [5.74, 6) is 0. The van der Waals surface area contributed by atoms with Crippen molar-refractivity contribution in [1.29, 1.82) is 0 Å². The molecule has 1 fully saturated rings. The molecule has 2 nitrogen and oxygen atoms in total. The average molecular weight is 305 g/mol.